The Kier molecular flexibility index (Phi) is 4.56. The highest BCUT2D eigenvalue weighted by Gasteiger charge is 2.24. The fourth-order valence-electron chi connectivity index (χ4n) is 1.69. The molecule has 0 bridgehead atoms. The van der Waals surface area contributed by atoms with Crippen molar-refractivity contribution in [2.75, 3.05) is 13.1 Å². The third kappa shape index (κ3) is 4.37. The van der Waals surface area contributed by atoms with Crippen LogP contribution in [0, 0.1) is 0 Å². The number of carbonyl (C=O) groups is 1. The van der Waals surface area contributed by atoms with Crippen molar-refractivity contribution in [3.8, 4) is 0 Å². The van der Waals surface area contributed by atoms with Crippen LogP contribution in [0.2, 0.25) is 0 Å². The van der Waals surface area contributed by atoms with Crippen molar-refractivity contribution >= 4 is 6.09 Å². The lowest BCUT2D eigenvalue weighted by atomic mass is 10.2. The van der Waals surface area contributed by atoms with E-state index in [0.717, 1.165) is 31.0 Å². The molecule has 16 heavy (non-hydrogen) atoms. The third-order valence-corrected chi connectivity index (χ3v) is 2.47. The summed E-state index contributed by atoms with van der Waals surface area (Å²) in [5, 5.41) is 2.98. The normalized spacial score (nSPS) is 19.0. The number of rotatable bonds is 1. The monoisotopic (exact) mass is 229 g/mol. The summed E-state index contributed by atoms with van der Waals surface area (Å²) in [4.78, 5) is 11.7. The summed E-state index contributed by atoms with van der Waals surface area (Å²) >= 11 is 0. The fraction of sp³-hybridized carbons (Fsp3) is 0.909. The first-order chi connectivity index (χ1) is 7.40. The Morgan fingerprint density at radius 1 is 1.19 bits per heavy atom. The maximum atomic E-state index is 11.7. The van der Waals surface area contributed by atoms with Crippen molar-refractivity contribution in [1.82, 2.24) is 10.1 Å². The van der Waals surface area contributed by atoms with E-state index in [-0.39, 0.29) is 0 Å². The highest BCUT2D eigenvalue weighted by atomic mass is 16.6. The summed E-state index contributed by atoms with van der Waals surface area (Å²) in [6, 6.07) is 0. The Hall–Kier alpha value is -0.810. The van der Waals surface area contributed by atoms with Gasteiger partial charge in [0.05, 0.1) is 0 Å². The molecule has 0 unspecified atom stereocenters. The minimum Gasteiger partial charge on any atom is -0.442 e. The average molecular weight is 229 g/mol. The maximum Gasteiger partial charge on any atom is 0.439 e. The molecule has 0 aromatic carbocycles. The van der Waals surface area contributed by atoms with Gasteiger partial charge in [-0.05, 0) is 33.6 Å². The van der Waals surface area contributed by atoms with Crippen LogP contribution in [0.25, 0.3) is 0 Å². The number of hydrogen-bond acceptors (Lipinski definition) is 4. The molecule has 2 N–H and O–H groups in total. The molecule has 0 aromatic heterocycles. The molecule has 1 fully saturated rings. The van der Waals surface area contributed by atoms with Gasteiger partial charge in [-0.25, -0.2) is 15.6 Å². The van der Waals surface area contributed by atoms with E-state index in [9.17, 15) is 4.79 Å². The van der Waals surface area contributed by atoms with Gasteiger partial charge < -0.3 is 4.74 Å². The van der Waals surface area contributed by atoms with Crippen LogP contribution < -0.4 is 5.84 Å². The minimum absolute atomic E-state index is 0.477. The summed E-state index contributed by atoms with van der Waals surface area (Å²) < 4.78 is 5.21. The molecule has 94 valence electrons. The van der Waals surface area contributed by atoms with E-state index in [1.54, 1.807) is 0 Å². The van der Waals surface area contributed by atoms with Crippen LogP contribution in [-0.4, -0.2) is 34.9 Å². The Labute approximate surface area is 97.5 Å². The van der Waals surface area contributed by atoms with Crippen molar-refractivity contribution in [2.24, 2.45) is 5.84 Å². The van der Waals surface area contributed by atoms with E-state index in [2.05, 4.69) is 0 Å². The molecule has 1 amide bonds. The van der Waals surface area contributed by atoms with Crippen LogP contribution in [0.1, 0.15) is 46.5 Å². The second-order valence-corrected chi connectivity index (χ2v) is 5.19. The number of hydrazine groups is 2. The first kappa shape index (κ1) is 13.3. The molecule has 1 heterocycles. The topological polar surface area (TPSA) is 58.8 Å². The van der Waals surface area contributed by atoms with E-state index < -0.39 is 11.7 Å². The van der Waals surface area contributed by atoms with Crippen LogP contribution in [0.15, 0.2) is 0 Å². The first-order valence-electron chi connectivity index (χ1n) is 5.93. The zero-order chi connectivity index (χ0) is 12.2. The van der Waals surface area contributed by atoms with Crippen LogP contribution in [0.3, 0.4) is 0 Å². The molecular weight excluding hydrogens is 206 g/mol. The van der Waals surface area contributed by atoms with Crippen LogP contribution in [-0.2, 0) is 4.74 Å². The predicted molar refractivity (Wildman–Crippen MR) is 62.3 cm³/mol. The second-order valence-electron chi connectivity index (χ2n) is 5.19. The summed E-state index contributed by atoms with van der Waals surface area (Å²) in [7, 11) is 0. The molecule has 0 atom stereocenters. The van der Waals surface area contributed by atoms with E-state index in [1.807, 2.05) is 25.8 Å². The maximum absolute atomic E-state index is 11.7. The van der Waals surface area contributed by atoms with Gasteiger partial charge in [0, 0.05) is 13.1 Å². The van der Waals surface area contributed by atoms with Gasteiger partial charge in [0.1, 0.15) is 5.60 Å². The van der Waals surface area contributed by atoms with Crippen molar-refractivity contribution < 1.29 is 9.53 Å². The summed E-state index contributed by atoms with van der Waals surface area (Å²) in [6.45, 7) is 7.16. The Morgan fingerprint density at radius 3 is 2.12 bits per heavy atom. The zero-order valence-electron chi connectivity index (χ0n) is 10.5. The summed E-state index contributed by atoms with van der Waals surface area (Å²) in [6.07, 6.45) is 4.10. The van der Waals surface area contributed by atoms with E-state index in [4.69, 9.17) is 10.6 Å². The number of hydrogen-bond donors (Lipinski definition) is 1. The Bertz CT molecular complexity index is 230. The molecule has 0 radical (unpaired) electrons. The molecular formula is C11H23N3O2. The molecule has 1 aliphatic heterocycles. The summed E-state index contributed by atoms with van der Waals surface area (Å²) in [5.74, 6) is 5.75. The van der Waals surface area contributed by atoms with Gasteiger partial charge in [0.2, 0.25) is 0 Å². The van der Waals surface area contributed by atoms with Crippen molar-refractivity contribution in [3.05, 3.63) is 0 Å². The van der Waals surface area contributed by atoms with Gasteiger partial charge in [0.25, 0.3) is 0 Å². The van der Waals surface area contributed by atoms with E-state index in [0.29, 0.717) is 0 Å². The Balaban J connectivity index is 2.48. The standard InChI is InChI=1S/C11H23N3O2/c1-11(2,3)16-10(15)14(12)13-8-6-4-5-7-9-13/h4-9,12H2,1-3H3. The molecule has 0 aromatic rings. The van der Waals surface area contributed by atoms with E-state index >= 15 is 0 Å². The van der Waals surface area contributed by atoms with Crippen LogP contribution in [0.5, 0.6) is 0 Å². The quantitative estimate of drug-likeness (QED) is 0.424. The highest BCUT2D eigenvalue weighted by Crippen LogP contribution is 2.13. The predicted octanol–water partition coefficient (Wildman–Crippen LogP) is 1.89. The second kappa shape index (κ2) is 5.50. The lowest BCUT2D eigenvalue weighted by Crippen LogP contribution is -2.53. The van der Waals surface area contributed by atoms with Crippen molar-refractivity contribution in [3.63, 3.8) is 0 Å². The van der Waals surface area contributed by atoms with Crippen molar-refractivity contribution in [2.45, 2.75) is 52.1 Å². The number of nitrogens with two attached hydrogens (primary N) is 1. The van der Waals surface area contributed by atoms with Gasteiger partial charge in [-0.2, -0.15) is 5.12 Å². The molecule has 0 saturated carbocycles. The molecule has 5 nitrogen and oxygen atoms in total. The number of ether oxygens (including phenoxy) is 1. The smallest absolute Gasteiger partial charge is 0.439 e. The molecule has 0 spiro atoms. The highest BCUT2D eigenvalue weighted by molar-refractivity contribution is 5.66. The number of carbonyl (C=O) groups excluding carboxylic acids is 1. The SMILES string of the molecule is CC(C)(C)OC(=O)N(N)N1CCCCCC1. The van der Waals surface area contributed by atoms with Crippen molar-refractivity contribution in [1.29, 1.82) is 0 Å². The van der Waals surface area contributed by atoms with E-state index in [1.165, 1.54) is 12.8 Å². The first-order valence-corrected chi connectivity index (χ1v) is 5.93. The summed E-state index contributed by atoms with van der Waals surface area (Å²) in [5.41, 5.74) is -0.499. The van der Waals surface area contributed by atoms with Gasteiger partial charge in [-0.3, -0.25) is 0 Å². The zero-order valence-corrected chi connectivity index (χ0v) is 10.5. The lowest BCUT2D eigenvalue weighted by molar-refractivity contribution is -0.0509. The van der Waals surface area contributed by atoms with Gasteiger partial charge in [-0.15, -0.1) is 0 Å². The fourth-order valence-corrected chi connectivity index (χ4v) is 1.69. The molecule has 1 aliphatic rings. The lowest BCUT2D eigenvalue weighted by Gasteiger charge is -2.31. The Morgan fingerprint density at radius 2 is 1.69 bits per heavy atom. The van der Waals surface area contributed by atoms with Gasteiger partial charge in [-0.1, -0.05) is 12.8 Å². The number of amides is 1. The van der Waals surface area contributed by atoms with Crippen LogP contribution in [0.4, 0.5) is 4.79 Å². The minimum atomic E-state index is -0.499. The number of nitrogens with zero attached hydrogens (tertiary/aromatic N) is 2. The molecule has 1 saturated heterocycles. The molecule has 0 aliphatic carbocycles. The molecule has 1 rings (SSSR count). The van der Waals surface area contributed by atoms with Gasteiger partial charge in [0.15, 0.2) is 0 Å². The van der Waals surface area contributed by atoms with Gasteiger partial charge >= 0.3 is 6.09 Å². The average Bonchev–Trinajstić information content (AvgIpc) is 2.41. The van der Waals surface area contributed by atoms with Crippen LogP contribution >= 0.6 is 0 Å². The largest absolute Gasteiger partial charge is 0.442 e. The molecule has 5 heteroatoms. The third-order valence-electron chi connectivity index (χ3n) is 2.47.